The molecule has 2 N–H and O–H groups in total. The first-order chi connectivity index (χ1) is 11.6. The first-order valence-corrected chi connectivity index (χ1v) is 9.90. The molecule has 0 aromatic carbocycles. The van der Waals surface area contributed by atoms with Gasteiger partial charge in [0.25, 0.3) is 0 Å². The van der Waals surface area contributed by atoms with Crippen molar-refractivity contribution >= 4 is 5.97 Å². The van der Waals surface area contributed by atoms with Crippen molar-refractivity contribution in [3.05, 3.63) is 0 Å². The van der Waals surface area contributed by atoms with E-state index in [-0.39, 0.29) is 23.0 Å². The minimum atomic E-state index is -0.780. The summed E-state index contributed by atoms with van der Waals surface area (Å²) >= 11 is 0. The van der Waals surface area contributed by atoms with E-state index in [1.54, 1.807) is 0 Å². The molecule has 5 fully saturated rings. The van der Waals surface area contributed by atoms with Gasteiger partial charge in [-0.3, -0.25) is 4.79 Å². The number of rotatable bonds is 2. The molecule has 0 spiro atoms. The zero-order chi connectivity index (χ0) is 18.0. The van der Waals surface area contributed by atoms with Gasteiger partial charge in [0.2, 0.25) is 0 Å². The summed E-state index contributed by atoms with van der Waals surface area (Å²) in [6, 6.07) is 0. The van der Waals surface area contributed by atoms with Gasteiger partial charge >= 0.3 is 5.97 Å². The largest absolute Gasteiger partial charge is 0.481 e. The van der Waals surface area contributed by atoms with E-state index < -0.39 is 28.7 Å². The van der Waals surface area contributed by atoms with Crippen LogP contribution >= 0.6 is 0 Å². The highest BCUT2D eigenvalue weighted by molar-refractivity contribution is 5.75. The predicted molar refractivity (Wildman–Crippen MR) is 90.0 cm³/mol. The van der Waals surface area contributed by atoms with Gasteiger partial charge in [0.15, 0.2) is 5.60 Å². The fraction of sp³-hybridized carbons (Fsp3) is 0.950. The molecule has 3 saturated carbocycles. The van der Waals surface area contributed by atoms with Crippen LogP contribution in [-0.2, 0) is 14.3 Å². The lowest BCUT2D eigenvalue weighted by Gasteiger charge is -2.58. The molecule has 5 aliphatic rings. The number of aliphatic hydroxyl groups excluding tert-OH is 1. The van der Waals surface area contributed by atoms with Crippen molar-refractivity contribution in [3.8, 4) is 0 Å². The first-order valence-electron chi connectivity index (χ1n) is 9.90. The van der Waals surface area contributed by atoms with Crippen LogP contribution in [0.25, 0.3) is 0 Å². The standard InChI is InChI=1S/C20H30O5/c1-11(2)18-8-9-19-17(4)7-5-6-16(3,15(22)23)12(17)10-13(21)20(19,25-19)14(18)24-18/h11-14,21H,5-10H2,1-4H3,(H,22,23)/t12-,13-,14-,16+,17-,18+,19-,20-/m0/s1. The number of aliphatic hydroxyl groups is 1. The first kappa shape index (κ1) is 16.5. The van der Waals surface area contributed by atoms with Crippen molar-refractivity contribution in [2.45, 2.75) is 95.2 Å². The molecule has 8 atom stereocenters. The second-order valence-electron chi connectivity index (χ2n) is 10.1. The van der Waals surface area contributed by atoms with Gasteiger partial charge < -0.3 is 19.7 Å². The van der Waals surface area contributed by atoms with Crippen molar-refractivity contribution in [3.63, 3.8) is 0 Å². The summed E-state index contributed by atoms with van der Waals surface area (Å²) in [5.41, 5.74) is -2.13. The van der Waals surface area contributed by atoms with Gasteiger partial charge in [-0.05, 0) is 50.9 Å². The van der Waals surface area contributed by atoms with Crippen molar-refractivity contribution in [2.75, 3.05) is 0 Å². The van der Waals surface area contributed by atoms with E-state index in [0.29, 0.717) is 18.8 Å². The summed E-state index contributed by atoms with van der Waals surface area (Å²) in [4.78, 5) is 12.1. The van der Waals surface area contributed by atoms with Crippen LogP contribution in [0.15, 0.2) is 0 Å². The summed E-state index contributed by atoms with van der Waals surface area (Å²) in [5, 5.41) is 21.1. The minimum absolute atomic E-state index is 0.0282. The van der Waals surface area contributed by atoms with Crippen molar-refractivity contribution < 1.29 is 24.5 Å². The van der Waals surface area contributed by atoms with Crippen molar-refractivity contribution in [2.24, 2.45) is 22.7 Å². The molecule has 5 nitrogen and oxygen atoms in total. The van der Waals surface area contributed by atoms with Crippen molar-refractivity contribution in [1.29, 1.82) is 0 Å². The third kappa shape index (κ3) is 1.46. The van der Waals surface area contributed by atoms with E-state index in [0.717, 1.165) is 25.7 Å². The number of ether oxygens (including phenoxy) is 2. The van der Waals surface area contributed by atoms with E-state index in [4.69, 9.17) is 9.47 Å². The molecule has 0 aromatic heterocycles. The van der Waals surface area contributed by atoms with Gasteiger partial charge in [0.1, 0.15) is 17.3 Å². The fourth-order valence-electron chi connectivity index (χ4n) is 7.59. The number of carboxylic acid groups (broad SMARTS) is 1. The second kappa shape index (κ2) is 4.26. The maximum Gasteiger partial charge on any atom is 0.309 e. The Hall–Kier alpha value is -0.650. The van der Waals surface area contributed by atoms with Crippen LogP contribution in [0.2, 0.25) is 0 Å². The van der Waals surface area contributed by atoms with E-state index >= 15 is 0 Å². The molecule has 0 unspecified atom stereocenters. The van der Waals surface area contributed by atoms with E-state index in [1.807, 2.05) is 6.92 Å². The Balaban J connectivity index is 1.59. The number of hydrogen-bond acceptors (Lipinski definition) is 4. The van der Waals surface area contributed by atoms with Crippen LogP contribution in [-0.4, -0.2) is 45.2 Å². The maximum absolute atomic E-state index is 12.1. The van der Waals surface area contributed by atoms with Crippen LogP contribution in [0.5, 0.6) is 0 Å². The van der Waals surface area contributed by atoms with Crippen LogP contribution in [0.4, 0.5) is 0 Å². The lowest BCUT2D eigenvalue weighted by atomic mass is 9.43. The third-order valence-electron chi connectivity index (χ3n) is 9.19. The number of hydrogen-bond donors (Lipinski definition) is 2. The molecule has 0 radical (unpaired) electrons. The minimum Gasteiger partial charge on any atom is -0.481 e. The zero-order valence-corrected chi connectivity index (χ0v) is 15.7. The normalized spacial score (nSPS) is 61.6. The highest BCUT2D eigenvalue weighted by Gasteiger charge is 2.94. The monoisotopic (exact) mass is 350 g/mol. The number of fused-ring (bicyclic) bond motifs is 2. The molecular formula is C20H30O5. The van der Waals surface area contributed by atoms with Crippen LogP contribution in [0.3, 0.4) is 0 Å². The van der Waals surface area contributed by atoms with Gasteiger partial charge in [0.05, 0.1) is 11.5 Å². The molecule has 2 heterocycles. The molecule has 5 heteroatoms. The molecule has 2 saturated heterocycles. The number of epoxide rings is 2. The predicted octanol–water partition coefficient (Wildman–Crippen LogP) is 2.74. The van der Waals surface area contributed by atoms with Crippen LogP contribution in [0, 0.1) is 22.7 Å². The Kier molecular flexibility index (Phi) is 2.81. The average molecular weight is 350 g/mol. The Morgan fingerprint density at radius 1 is 1.16 bits per heavy atom. The Labute approximate surface area is 149 Å². The molecule has 0 aromatic rings. The molecule has 3 aliphatic carbocycles. The highest BCUT2D eigenvalue weighted by atomic mass is 16.7. The summed E-state index contributed by atoms with van der Waals surface area (Å²) in [6.07, 6.45) is 4.26. The molecule has 5 rings (SSSR count). The zero-order valence-electron chi connectivity index (χ0n) is 15.7. The lowest BCUT2D eigenvalue weighted by Crippen LogP contribution is -2.66. The summed E-state index contributed by atoms with van der Waals surface area (Å²) in [6.45, 7) is 8.49. The lowest BCUT2D eigenvalue weighted by molar-refractivity contribution is -0.171. The topological polar surface area (TPSA) is 82.6 Å². The second-order valence-corrected chi connectivity index (χ2v) is 10.1. The molecule has 25 heavy (non-hydrogen) atoms. The van der Waals surface area contributed by atoms with Gasteiger partial charge in [-0.2, -0.15) is 0 Å². The van der Waals surface area contributed by atoms with Crippen LogP contribution < -0.4 is 0 Å². The Morgan fingerprint density at radius 2 is 1.88 bits per heavy atom. The fourth-order valence-corrected chi connectivity index (χ4v) is 7.59. The van der Waals surface area contributed by atoms with Gasteiger partial charge in [-0.25, -0.2) is 0 Å². The number of carbonyl (C=O) groups is 1. The molecular weight excluding hydrogens is 320 g/mol. The van der Waals surface area contributed by atoms with E-state index in [1.165, 1.54) is 0 Å². The van der Waals surface area contributed by atoms with E-state index in [9.17, 15) is 15.0 Å². The molecule has 140 valence electrons. The summed E-state index contributed by atoms with van der Waals surface area (Å²) in [5.74, 6) is -0.375. The number of aliphatic carboxylic acids is 1. The quantitative estimate of drug-likeness (QED) is 0.748. The molecule has 2 aliphatic heterocycles. The smallest absolute Gasteiger partial charge is 0.309 e. The SMILES string of the molecule is CC(C)[C@]12CC[C@@]34O[C@]3([C@H]1O2)[C@@H](O)C[C@H]1[C@](C)(C(=O)O)CCC[C@@]14C. The van der Waals surface area contributed by atoms with Gasteiger partial charge in [0, 0.05) is 5.41 Å². The van der Waals surface area contributed by atoms with Crippen molar-refractivity contribution in [1.82, 2.24) is 0 Å². The third-order valence-corrected chi connectivity index (χ3v) is 9.19. The maximum atomic E-state index is 12.1. The van der Waals surface area contributed by atoms with E-state index in [2.05, 4.69) is 20.8 Å². The summed E-state index contributed by atoms with van der Waals surface area (Å²) in [7, 11) is 0. The number of carboxylic acids is 1. The highest BCUT2D eigenvalue weighted by Crippen LogP contribution is 2.81. The molecule has 0 bridgehead atoms. The Morgan fingerprint density at radius 3 is 2.52 bits per heavy atom. The average Bonchev–Trinajstić information content (AvgIpc) is 3.40. The van der Waals surface area contributed by atoms with Crippen LogP contribution in [0.1, 0.15) is 66.2 Å². The van der Waals surface area contributed by atoms with Gasteiger partial charge in [-0.15, -0.1) is 0 Å². The summed E-state index contributed by atoms with van der Waals surface area (Å²) < 4.78 is 12.8. The molecule has 0 amide bonds. The Bertz CT molecular complexity index is 662. The van der Waals surface area contributed by atoms with Gasteiger partial charge in [-0.1, -0.05) is 27.2 Å².